The fourth-order valence-corrected chi connectivity index (χ4v) is 3.59. The predicted octanol–water partition coefficient (Wildman–Crippen LogP) is 1.40. The maximum atomic E-state index is 12.2. The molecule has 0 aliphatic heterocycles. The summed E-state index contributed by atoms with van der Waals surface area (Å²) in [5.41, 5.74) is -1.33. The van der Waals surface area contributed by atoms with Crippen molar-refractivity contribution < 1.29 is 48.0 Å². The van der Waals surface area contributed by atoms with Gasteiger partial charge < -0.3 is 28.8 Å². The van der Waals surface area contributed by atoms with E-state index in [1.807, 2.05) is 0 Å². The Bertz CT molecular complexity index is 630. The van der Waals surface area contributed by atoms with Crippen LogP contribution >= 0.6 is 23.5 Å². The van der Waals surface area contributed by atoms with Crippen LogP contribution in [-0.2, 0) is 42.9 Å². The van der Waals surface area contributed by atoms with Crippen LogP contribution in [0.5, 0.6) is 0 Å². The molecule has 0 saturated heterocycles. The quantitative estimate of drug-likeness (QED) is 0.101. The summed E-state index contributed by atoms with van der Waals surface area (Å²) in [7, 11) is 1.59. The van der Waals surface area contributed by atoms with Crippen LogP contribution in [0, 0.1) is 5.41 Å². The zero-order valence-corrected chi connectivity index (χ0v) is 21.1. The lowest BCUT2D eigenvalue weighted by Crippen LogP contribution is -2.43. The van der Waals surface area contributed by atoms with Gasteiger partial charge in [0.1, 0.15) is 31.8 Å². The number of methoxy groups -OCH3 is 1. The van der Waals surface area contributed by atoms with Gasteiger partial charge in [-0.1, -0.05) is 13.2 Å². The molecule has 0 bridgehead atoms. The van der Waals surface area contributed by atoms with Crippen LogP contribution < -0.4 is 0 Å². The van der Waals surface area contributed by atoms with Gasteiger partial charge in [-0.25, -0.2) is 9.59 Å². The summed E-state index contributed by atoms with van der Waals surface area (Å²) >= 11 is 2.91. The molecular formula is C22H34O10S2. The normalized spacial score (nSPS) is 10.8. The minimum Gasteiger partial charge on any atom is -0.465 e. The number of aliphatic hydroxyl groups is 1. The summed E-state index contributed by atoms with van der Waals surface area (Å²) in [4.78, 5) is 47.6. The van der Waals surface area contributed by atoms with Gasteiger partial charge in [0.2, 0.25) is 0 Å². The van der Waals surface area contributed by atoms with Gasteiger partial charge in [0.05, 0.1) is 26.1 Å². The molecule has 0 aromatic rings. The molecule has 0 fully saturated rings. The zero-order chi connectivity index (χ0) is 25.7. The van der Waals surface area contributed by atoms with Crippen LogP contribution in [0.25, 0.3) is 0 Å². The highest BCUT2D eigenvalue weighted by atomic mass is 32.2. The van der Waals surface area contributed by atoms with E-state index >= 15 is 0 Å². The van der Waals surface area contributed by atoms with Crippen molar-refractivity contribution in [2.24, 2.45) is 5.41 Å². The highest BCUT2D eigenvalue weighted by molar-refractivity contribution is 7.99. The molecule has 0 aromatic carbocycles. The summed E-state index contributed by atoms with van der Waals surface area (Å²) in [5.74, 6) is -0.349. The largest absolute Gasteiger partial charge is 0.465 e. The number of esters is 4. The van der Waals surface area contributed by atoms with Crippen molar-refractivity contribution in [1.82, 2.24) is 0 Å². The highest BCUT2D eigenvalue weighted by Gasteiger charge is 2.37. The van der Waals surface area contributed by atoms with Gasteiger partial charge >= 0.3 is 23.9 Å². The summed E-state index contributed by atoms with van der Waals surface area (Å²) in [6.07, 6.45) is 2.12. The molecule has 0 unspecified atom stereocenters. The average Bonchev–Trinajstić information content (AvgIpc) is 2.85. The molecular weight excluding hydrogens is 488 g/mol. The van der Waals surface area contributed by atoms with Gasteiger partial charge in [0, 0.05) is 42.3 Å². The van der Waals surface area contributed by atoms with Crippen LogP contribution in [-0.4, -0.2) is 98.7 Å². The van der Waals surface area contributed by atoms with Crippen LogP contribution in [0.15, 0.2) is 25.3 Å². The molecule has 10 nitrogen and oxygen atoms in total. The van der Waals surface area contributed by atoms with Gasteiger partial charge in [0.15, 0.2) is 0 Å². The third-order valence-corrected chi connectivity index (χ3v) is 5.93. The topological polar surface area (TPSA) is 135 Å². The molecule has 34 heavy (non-hydrogen) atoms. The van der Waals surface area contributed by atoms with Crippen LogP contribution in [0.2, 0.25) is 0 Å². The molecule has 0 aliphatic rings. The second-order valence-corrected chi connectivity index (χ2v) is 9.34. The van der Waals surface area contributed by atoms with Crippen molar-refractivity contribution in [2.45, 2.75) is 12.8 Å². The van der Waals surface area contributed by atoms with Crippen LogP contribution in [0.1, 0.15) is 12.8 Å². The third-order valence-electron chi connectivity index (χ3n) is 4.02. The van der Waals surface area contributed by atoms with Crippen molar-refractivity contribution >= 4 is 47.4 Å². The summed E-state index contributed by atoms with van der Waals surface area (Å²) in [6.45, 7) is 5.85. The summed E-state index contributed by atoms with van der Waals surface area (Å²) < 4.78 is 25.9. The minimum absolute atomic E-state index is 0.00240. The first kappa shape index (κ1) is 32.0. The number of thioether (sulfide) groups is 2. The Morgan fingerprint density at radius 3 is 1.62 bits per heavy atom. The van der Waals surface area contributed by atoms with Crippen LogP contribution in [0.3, 0.4) is 0 Å². The third kappa shape index (κ3) is 16.6. The first-order valence-corrected chi connectivity index (χ1v) is 12.8. The van der Waals surface area contributed by atoms with Crippen molar-refractivity contribution in [3.05, 3.63) is 25.3 Å². The molecule has 1 N–H and O–H groups in total. The number of aliphatic hydroxyl groups excluding tert-OH is 1. The molecule has 0 amide bonds. The van der Waals surface area contributed by atoms with E-state index in [0.717, 1.165) is 17.9 Å². The minimum atomic E-state index is -1.33. The van der Waals surface area contributed by atoms with Gasteiger partial charge in [-0.3, -0.25) is 9.59 Å². The van der Waals surface area contributed by atoms with Crippen LogP contribution in [0.4, 0.5) is 0 Å². The van der Waals surface area contributed by atoms with E-state index in [1.54, 1.807) is 7.11 Å². The Balaban J connectivity index is 5.19. The highest BCUT2D eigenvalue weighted by Crippen LogP contribution is 2.22. The van der Waals surface area contributed by atoms with Gasteiger partial charge in [0.25, 0.3) is 0 Å². The van der Waals surface area contributed by atoms with E-state index in [9.17, 15) is 19.2 Å². The molecule has 0 atom stereocenters. The van der Waals surface area contributed by atoms with Gasteiger partial charge in [-0.2, -0.15) is 23.5 Å². The summed E-state index contributed by atoms with van der Waals surface area (Å²) in [6, 6.07) is 0. The maximum absolute atomic E-state index is 12.2. The molecule has 0 aromatic heterocycles. The monoisotopic (exact) mass is 522 g/mol. The van der Waals surface area contributed by atoms with E-state index in [-0.39, 0.29) is 45.9 Å². The average molecular weight is 523 g/mol. The Kier molecular flexibility index (Phi) is 19.2. The molecule has 0 radical (unpaired) electrons. The van der Waals surface area contributed by atoms with Crippen molar-refractivity contribution in [3.8, 4) is 0 Å². The Morgan fingerprint density at radius 1 is 0.765 bits per heavy atom. The lowest BCUT2D eigenvalue weighted by molar-refractivity contribution is -0.167. The lowest BCUT2D eigenvalue weighted by Gasteiger charge is -2.31. The predicted molar refractivity (Wildman–Crippen MR) is 130 cm³/mol. The van der Waals surface area contributed by atoms with Gasteiger partial charge in [-0.05, 0) is 0 Å². The Hall–Kier alpha value is -2.02. The fraction of sp³-hybridized carbons (Fsp3) is 0.636. The number of rotatable bonds is 21. The molecule has 0 spiro atoms. The molecule has 0 saturated carbocycles. The Morgan fingerprint density at radius 2 is 1.21 bits per heavy atom. The molecule has 0 aliphatic carbocycles. The number of hydrogen-bond donors (Lipinski definition) is 1. The number of carbonyl (C=O) groups excluding carboxylic acids is 4. The van der Waals surface area contributed by atoms with Crippen molar-refractivity contribution in [1.29, 1.82) is 0 Å². The maximum Gasteiger partial charge on any atom is 0.330 e. The Labute approximate surface area is 208 Å². The van der Waals surface area contributed by atoms with Crippen molar-refractivity contribution in [3.63, 3.8) is 0 Å². The standard InChI is InChI=1S/C22H34O10S2/c1-4-18(24)29-14-22(15-30-19(25)5-2,16-31-20(26)6-10-33-12-8-23)17-32-21(27)7-11-34-13-9-28-3/h4-5,23H,1-2,6-17H2,3H3. The fourth-order valence-electron chi connectivity index (χ4n) is 2.15. The van der Waals surface area contributed by atoms with Crippen molar-refractivity contribution in [2.75, 3.05) is 69.8 Å². The van der Waals surface area contributed by atoms with E-state index in [4.69, 9.17) is 28.8 Å². The molecule has 0 heterocycles. The summed E-state index contributed by atoms with van der Waals surface area (Å²) in [5, 5.41) is 8.80. The number of carbonyl (C=O) groups is 4. The lowest BCUT2D eigenvalue weighted by atomic mass is 9.92. The van der Waals surface area contributed by atoms with E-state index < -0.39 is 29.3 Å². The number of ether oxygens (including phenoxy) is 5. The molecule has 194 valence electrons. The molecule has 12 heteroatoms. The van der Waals surface area contributed by atoms with E-state index in [2.05, 4.69) is 13.2 Å². The zero-order valence-electron chi connectivity index (χ0n) is 19.5. The smallest absolute Gasteiger partial charge is 0.330 e. The first-order valence-electron chi connectivity index (χ1n) is 10.5. The number of hydrogen-bond acceptors (Lipinski definition) is 12. The SMILES string of the molecule is C=CC(=O)OCC(COC(=O)C=C)(COC(=O)CCSCCO)COC(=O)CCSCCOC. The van der Waals surface area contributed by atoms with E-state index in [1.165, 1.54) is 23.5 Å². The van der Waals surface area contributed by atoms with Gasteiger partial charge in [-0.15, -0.1) is 0 Å². The second-order valence-electron chi connectivity index (χ2n) is 6.89. The second kappa shape index (κ2) is 20.4. The van der Waals surface area contributed by atoms with E-state index in [0.29, 0.717) is 23.9 Å². The first-order chi connectivity index (χ1) is 16.3. The molecule has 0 rings (SSSR count).